The Kier molecular flexibility index (Phi) is 5.69. The number of aliphatic carboxylic acids is 1. The second-order valence-corrected chi connectivity index (χ2v) is 5.67. The highest BCUT2D eigenvalue weighted by Gasteiger charge is 2.31. The van der Waals surface area contributed by atoms with E-state index in [9.17, 15) is 9.90 Å². The first-order chi connectivity index (χ1) is 8.49. The lowest BCUT2D eigenvalue weighted by Gasteiger charge is -2.25. The van der Waals surface area contributed by atoms with Crippen LogP contribution in [0.15, 0.2) is 29.2 Å². The maximum absolute atomic E-state index is 11.2. The Morgan fingerprint density at radius 2 is 2.11 bits per heavy atom. The molecule has 0 saturated heterocycles. The maximum Gasteiger partial charge on any atom is 0.323 e. The van der Waals surface area contributed by atoms with Crippen LogP contribution in [-0.2, 0) is 4.79 Å². The Balaban J connectivity index is 2.54. The molecule has 2 N–H and O–H groups in total. The molecular weight excluding hydrogens is 246 g/mol. The summed E-state index contributed by atoms with van der Waals surface area (Å²) in [4.78, 5) is 12.5. The molecule has 0 spiro atoms. The number of nitrogens with one attached hydrogen (secondary N) is 1. The fraction of sp³-hybridized carbons (Fsp3) is 0.500. The molecule has 0 heterocycles. The van der Waals surface area contributed by atoms with Crippen LogP contribution in [0, 0.1) is 6.92 Å². The largest absolute Gasteiger partial charge is 0.480 e. The minimum atomic E-state index is -0.829. The number of hydrogen-bond donors (Lipinski definition) is 2. The molecular formula is C14H21NO2S. The summed E-state index contributed by atoms with van der Waals surface area (Å²) in [6, 6.07) is 8.17. The zero-order chi connectivity index (χ0) is 13.6. The minimum absolute atomic E-state index is 0.606. The Labute approximate surface area is 113 Å². The van der Waals surface area contributed by atoms with Crippen molar-refractivity contribution in [1.82, 2.24) is 5.32 Å². The molecule has 0 aromatic heterocycles. The maximum atomic E-state index is 11.2. The lowest BCUT2D eigenvalue weighted by molar-refractivity contribution is -0.144. The summed E-state index contributed by atoms with van der Waals surface area (Å²) in [6.07, 6.45) is 0.606. The number of aryl methyl sites for hydroxylation is 1. The van der Waals surface area contributed by atoms with Gasteiger partial charge in [0.1, 0.15) is 5.54 Å². The molecule has 1 atom stereocenters. The smallest absolute Gasteiger partial charge is 0.323 e. The Hall–Kier alpha value is -1.00. The van der Waals surface area contributed by atoms with Gasteiger partial charge in [0, 0.05) is 10.6 Å². The van der Waals surface area contributed by atoms with Crippen molar-refractivity contribution in [2.75, 3.05) is 12.3 Å². The van der Waals surface area contributed by atoms with Crippen LogP contribution in [0.1, 0.15) is 25.8 Å². The fourth-order valence-corrected chi connectivity index (χ4v) is 2.95. The first-order valence-electron chi connectivity index (χ1n) is 6.16. The summed E-state index contributed by atoms with van der Waals surface area (Å²) in [5, 5.41) is 12.3. The third-order valence-corrected chi connectivity index (χ3v) is 4.17. The summed E-state index contributed by atoms with van der Waals surface area (Å²) in [5.41, 5.74) is 0.410. The zero-order valence-corrected chi connectivity index (χ0v) is 12.0. The summed E-state index contributed by atoms with van der Waals surface area (Å²) in [5.74, 6) is 0.00966. The van der Waals surface area contributed by atoms with Crippen molar-refractivity contribution >= 4 is 17.7 Å². The molecule has 18 heavy (non-hydrogen) atoms. The highest BCUT2D eigenvalue weighted by Crippen LogP contribution is 2.24. The molecule has 0 saturated carbocycles. The van der Waals surface area contributed by atoms with Gasteiger partial charge in [0.25, 0.3) is 0 Å². The van der Waals surface area contributed by atoms with E-state index in [2.05, 4.69) is 24.4 Å². The van der Waals surface area contributed by atoms with Gasteiger partial charge in [-0.15, -0.1) is 11.8 Å². The summed E-state index contributed by atoms with van der Waals surface area (Å²) >= 11 is 1.71. The minimum Gasteiger partial charge on any atom is -0.480 e. The van der Waals surface area contributed by atoms with Gasteiger partial charge in [-0.3, -0.25) is 4.79 Å². The van der Waals surface area contributed by atoms with Crippen molar-refractivity contribution in [2.24, 2.45) is 0 Å². The molecule has 1 aromatic carbocycles. The molecule has 1 unspecified atom stereocenters. The average Bonchev–Trinajstić information content (AvgIpc) is 2.32. The second kappa shape index (κ2) is 6.81. The van der Waals surface area contributed by atoms with Crippen LogP contribution in [0.25, 0.3) is 0 Å². The van der Waals surface area contributed by atoms with E-state index in [4.69, 9.17) is 0 Å². The first-order valence-corrected chi connectivity index (χ1v) is 7.15. The molecule has 0 amide bonds. The monoisotopic (exact) mass is 267 g/mol. The van der Waals surface area contributed by atoms with Crippen LogP contribution in [0.5, 0.6) is 0 Å². The van der Waals surface area contributed by atoms with Crippen LogP contribution in [0.3, 0.4) is 0 Å². The number of rotatable bonds is 7. The molecule has 0 aliphatic carbocycles. The summed E-state index contributed by atoms with van der Waals surface area (Å²) < 4.78 is 0. The third kappa shape index (κ3) is 4.03. The molecule has 0 aliphatic heterocycles. The number of benzene rings is 1. The summed E-state index contributed by atoms with van der Waals surface area (Å²) in [7, 11) is 0. The lowest BCUT2D eigenvalue weighted by Crippen LogP contribution is -2.49. The zero-order valence-electron chi connectivity index (χ0n) is 11.2. The second-order valence-electron chi connectivity index (χ2n) is 4.53. The number of thioether (sulfide) groups is 1. The van der Waals surface area contributed by atoms with E-state index >= 15 is 0 Å². The average molecular weight is 267 g/mol. The molecule has 100 valence electrons. The standard InChI is InChI=1S/C14H21NO2S/c1-4-15-14(3,13(16)17)9-10-18-12-8-6-5-7-11(12)2/h5-8,15H,4,9-10H2,1-3H3,(H,16,17). The Bertz CT molecular complexity index is 409. The predicted molar refractivity (Wildman–Crippen MR) is 76.2 cm³/mol. The first kappa shape index (κ1) is 15.1. The van der Waals surface area contributed by atoms with Crippen LogP contribution >= 0.6 is 11.8 Å². The molecule has 0 aliphatic rings. The van der Waals surface area contributed by atoms with Crippen molar-refractivity contribution in [1.29, 1.82) is 0 Å². The SMILES string of the molecule is CCNC(C)(CCSc1ccccc1C)C(=O)O. The van der Waals surface area contributed by atoms with Gasteiger partial charge in [-0.1, -0.05) is 25.1 Å². The highest BCUT2D eigenvalue weighted by atomic mass is 32.2. The van der Waals surface area contributed by atoms with Crippen molar-refractivity contribution in [3.63, 3.8) is 0 Å². The normalized spacial score (nSPS) is 14.2. The molecule has 4 heteroatoms. The van der Waals surface area contributed by atoms with Crippen molar-refractivity contribution in [2.45, 2.75) is 37.6 Å². The van der Waals surface area contributed by atoms with E-state index in [1.54, 1.807) is 18.7 Å². The van der Waals surface area contributed by atoms with E-state index < -0.39 is 11.5 Å². The fourth-order valence-electron chi connectivity index (χ4n) is 1.74. The van der Waals surface area contributed by atoms with Crippen LogP contribution in [0.2, 0.25) is 0 Å². The van der Waals surface area contributed by atoms with E-state index in [-0.39, 0.29) is 0 Å². The lowest BCUT2D eigenvalue weighted by atomic mass is 9.99. The number of carboxylic acid groups (broad SMARTS) is 1. The van der Waals surface area contributed by atoms with Crippen molar-refractivity contribution < 1.29 is 9.90 Å². The Morgan fingerprint density at radius 1 is 1.44 bits per heavy atom. The molecule has 0 fully saturated rings. The predicted octanol–water partition coefficient (Wildman–Crippen LogP) is 2.93. The third-order valence-electron chi connectivity index (χ3n) is 2.99. The number of hydrogen-bond acceptors (Lipinski definition) is 3. The molecule has 1 rings (SSSR count). The molecule has 1 aromatic rings. The number of carboxylic acids is 1. The van der Waals surface area contributed by atoms with Gasteiger partial charge in [0.05, 0.1) is 0 Å². The van der Waals surface area contributed by atoms with Gasteiger partial charge in [-0.25, -0.2) is 0 Å². The van der Waals surface area contributed by atoms with Crippen LogP contribution < -0.4 is 5.32 Å². The molecule has 0 radical (unpaired) electrons. The van der Waals surface area contributed by atoms with Gasteiger partial charge in [-0.2, -0.15) is 0 Å². The van der Waals surface area contributed by atoms with Crippen LogP contribution in [0.4, 0.5) is 0 Å². The quantitative estimate of drug-likeness (QED) is 0.746. The molecule has 3 nitrogen and oxygen atoms in total. The molecule has 0 bridgehead atoms. The van der Waals surface area contributed by atoms with E-state index in [0.717, 1.165) is 5.75 Å². The highest BCUT2D eigenvalue weighted by molar-refractivity contribution is 7.99. The van der Waals surface area contributed by atoms with Crippen LogP contribution in [-0.4, -0.2) is 28.9 Å². The number of likely N-dealkylation sites (N-methyl/N-ethyl adjacent to an activating group) is 1. The van der Waals surface area contributed by atoms with Gasteiger partial charge >= 0.3 is 5.97 Å². The van der Waals surface area contributed by atoms with Crippen molar-refractivity contribution in [3.8, 4) is 0 Å². The van der Waals surface area contributed by atoms with Crippen molar-refractivity contribution in [3.05, 3.63) is 29.8 Å². The van der Waals surface area contributed by atoms with Gasteiger partial charge < -0.3 is 10.4 Å². The van der Waals surface area contributed by atoms with E-state index in [1.807, 2.05) is 19.1 Å². The van der Waals surface area contributed by atoms with E-state index in [0.29, 0.717) is 13.0 Å². The Morgan fingerprint density at radius 3 is 2.67 bits per heavy atom. The van der Waals surface area contributed by atoms with Gasteiger partial charge in [0.15, 0.2) is 0 Å². The van der Waals surface area contributed by atoms with Gasteiger partial charge in [-0.05, 0) is 38.4 Å². The number of carbonyl (C=O) groups is 1. The summed E-state index contributed by atoms with van der Waals surface area (Å²) in [6.45, 7) is 6.41. The van der Waals surface area contributed by atoms with E-state index in [1.165, 1.54) is 10.5 Å². The topological polar surface area (TPSA) is 49.3 Å². The van der Waals surface area contributed by atoms with Gasteiger partial charge in [0.2, 0.25) is 0 Å².